The van der Waals surface area contributed by atoms with Crippen molar-refractivity contribution in [2.24, 2.45) is 0 Å². The van der Waals surface area contributed by atoms with Crippen molar-refractivity contribution in [2.75, 3.05) is 5.32 Å². The van der Waals surface area contributed by atoms with Gasteiger partial charge in [-0.3, -0.25) is 9.20 Å². The van der Waals surface area contributed by atoms with E-state index in [-0.39, 0.29) is 5.56 Å². The van der Waals surface area contributed by atoms with Crippen molar-refractivity contribution in [3.05, 3.63) is 61.4 Å². The first kappa shape index (κ1) is 14.4. The van der Waals surface area contributed by atoms with Crippen LogP contribution in [0.25, 0.3) is 4.96 Å². The van der Waals surface area contributed by atoms with Crippen LogP contribution in [-0.4, -0.2) is 9.38 Å². The molecular weight excluding hydrogens is 329 g/mol. The minimum absolute atomic E-state index is 0.0762. The van der Waals surface area contributed by atoms with Crippen molar-refractivity contribution < 1.29 is 0 Å². The van der Waals surface area contributed by atoms with Gasteiger partial charge in [-0.25, -0.2) is 4.98 Å². The Balaban J connectivity index is 1.89. The average Bonchev–Trinajstić information content (AvgIpc) is 2.82. The number of fused-ring (bicyclic) bond motifs is 1. The first-order valence-corrected chi connectivity index (χ1v) is 7.84. The molecule has 3 rings (SSSR count). The maximum atomic E-state index is 12.1. The van der Waals surface area contributed by atoms with Crippen LogP contribution in [-0.2, 0) is 6.54 Å². The molecule has 1 N–H and O–H groups in total. The lowest BCUT2D eigenvalue weighted by Crippen LogP contribution is -2.16. The van der Waals surface area contributed by atoms with Crippen molar-refractivity contribution in [2.45, 2.75) is 13.5 Å². The van der Waals surface area contributed by atoms with E-state index in [0.29, 0.717) is 32.9 Å². The normalized spacial score (nSPS) is 11.0. The number of hydrogen-bond donors (Lipinski definition) is 1. The van der Waals surface area contributed by atoms with E-state index in [1.807, 2.05) is 24.4 Å². The van der Waals surface area contributed by atoms with Crippen LogP contribution < -0.4 is 10.9 Å². The highest BCUT2D eigenvalue weighted by atomic mass is 35.5. The third-order valence-electron chi connectivity index (χ3n) is 3.04. The summed E-state index contributed by atoms with van der Waals surface area (Å²) in [7, 11) is 0. The molecule has 3 aromatic rings. The van der Waals surface area contributed by atoms with Crippen LogP contribution in [0.15, 0.2) is 34.4 Å². The number of nitrogens with one attached hydrogen (secondary N) is 1. The zero-order valence-electron chi connectivity index (χ0n) is 11.1. The van der Waals surface area contributed by atoms with E-state index in [1.54, 1.807) is 10.5 Å². The fourth-order valence-corrected chi connectivity index (χ4v) is 3.28. The van der Waals surface area contributed by atoms with Crippen molar-refractivity contribution in [1.29, 1.82) is 0 Å². The molecule has 0 amide bonds. The molecule has 0 aliphatic heterocycles. The average molecular weight is 340 g/mol. The van der Waals surface area contributed by atoms with Crippen LogP contribution in [0.1, 0.15) is 11.4 Å². The van der Waals surface area contributed by atoms with E-state index in [1.165, 1.54) is 17.4 Å². The molecule has 0 radical (unpaired) electrons. The molecule has 4 nitrogen and oxygen atoms in total. The summed E-state index contributed by atoms with van der Waals surface area (Å²) >= 11 is 13.5. The third kappa shape index (κ3) is 2.77. The molecule has 7 heteroatoms. The number of anilines is 1. The van der Waals surface area contributed by atoms with Gasteiger partial charge in [-0.1, -0.05) is 29.3 Å². The number of aryl methyl sites for hydroxylation is 1. The highest BCUT2D eigenvalue weighted by molar-refractivity contribution is 7.15. The number of rotatable bonds is 3. The Morgan fingerprint density at radius 3 is 3.00 bits per heavy atom. The Bertz CT molecular complexity index is 872. The predicted molar refractivity (Wildman–Crippen MR) is 87.9 cm³/mol. The first-order valence-electron chi connectivity index (χ1n) is 6.21. The number of benzene rings is 1. The summed E-state index contributed by atoms with van der Waals surface area (Å²) in [5.74, 6) is 0. The Labute approximate surface area is 135 Å². The largest absolute Gasteiger partial charge is 0.378 e. The molecule has 0 saturated heterocycles. The Kier molecular flexibility index (Phi) is 3.89. The van der Waals surface area contributed by atoms with Crippen LogP contribution in [0.4, 0.5) is 5.69 Å². The van der Waals surface area contributed by atoms with E-state index in [0.717, 1.165) is 5.69 Å². The van der Waals surface area contributed by atoms with Gasteiger partial charge in [0.2, 0.25) is 0 Å². The lowest BCUT2D eigenvalue weighted by Gasteiger charge is -2.09. The van der Waals surface area contributed by atoms with Crippen LogP contribution in [0, 0.1) is 6.92 Å². The van der Waals surface area contributed by atoms with E-state index in [4.69, 9.17) is 23.2 Å². The topological polar surface area (TPSA) is 46.4 Å². The number of hydrogen-bond acceptors (Lipinski definition) is 4. The lowest BCUT2D eigenvalue weighted by atomic mass is 10.3. The predicted octanol–water partition coefficient (Wildman–Crippen LogP) is 3.98. The molecule has 2 aromatic heterocycles. The van der Waals surface area contributed by atoms with Crippen molar-refractivity contribution in [3.63, 3.8) is 0 Å². The highest BCUT2D eigenvalue weighted by Crippen LogP contribution is 2.29. The Hall–Kier alpha value is -1.56. The molecule has 1 aromatic carbocycles. The van der Waals surface area contributed by atoms with Crippen molar-refractivity contribution >= 4 is 45.2 Å². The molecule has 0 fully saturated rings. The molecule has 0 spiro atoms. The minimum atomic E-state index is -0.0762. The van der Waals surface area contributed by atoms with E-state index in [2.05, 4.69) is 10.3 Å². The monoisotopic (exact) mass is 339 g/mol. The van der Waals surface area contributed by atoms with Gasteiger partial charge >= 0.3 is 0 Å². The summed E-state index contributed by atoms with van der Waals surface area (Å²) in [6, 6.07) is 6.89. The van der Waals surface area contributed by atoms with Crippen molar-refractivity contribution in [3.8, 4) is 0 Å². The second-order valence-corrected chi connectivity index (χ2v) is 6.16. The highest BCUT2D eigenvalue weighted by Gasteiger charge is 2.08. The summed E-state index contributed by atoms with van der Waals surface area (Å²) in [5, 5.41) is 6.01. The van der Waals surface area contributed by atoms with Crippen LogP contribution in [0.3, 0.4) is 0 Å². The second kappa shape index (κ2) is 5.67. The fourth-order valence-electron chi connectivity index (χ4n) is 2.02. The Morgan fingerprint density at radius 2 is 2.19 bits per heavy atom. The van der Waals surface area contributed by atoms with Gasteiger partial charge in [0.25, 0.3) is 5.56 Å². The van der Waals surface area contributed by atoms with E-state index < -0.39 is 0 Å². The molecule has 108 valence electrons. The summed E-state index contributed by atoms with van der Waals surface area (Å²) in [6.07, 6.45) is 0. The molecule has 0 unspecified atom stereocenters. The second-order valence-electron chi connectivity index (χ2n) is 4.54. The van der Waals surface area contributed by atoms with Gasteiger partial charge in [-0.15, -0.1) is 11.3 Å². The smallest absolute Gasteiger partial charge is 0.259 e. The van der Waals surface area contributed by atoms with Gasteiger partial charge in [0.05, 0.1) is 28.0 Å². The summed E-state index contributed by atoms with van der Waals surface area (Å²) in [5.41, 5.74) is 2.20. The van der Waals surface area contributed by atoms with Gasteiger partial charge in [-0.2, -0.15) is 0 Å². The lowest BCUT2D eigenvalue weighted by molar-refractivity contribution is 0.966. The third-order valence-corrected chi connectivity index (χ3v) is 4.80. The minimum Gasteiger partial charge on any atom is -0.378 e. The van der Waals surface area contributed by atoms with Crippen molar-refractivity contribution in [1.82, 2.24) is 9.38 Å². The van der Waals surface area contributed by atoms with Gasteiger partial charge in [0.15, 0.2) is 4.96 Å². The molecule has 0 bridgehead atoms. The Morgan fingerprint density at radius 1 is 1.38 bits per heavy atom. The van der Waals surface area contributed by atoms with Gasteiger partial charge < -0.3 is 5.32 Å². The molecule has 0 atom stereocenters. The maximum Gasteiger partial charge on any atom is 0.259 e. The number of halogens is 2. The molecule has 21 heavy (non-hydrogen) atoms. The number of thiazole rings is 1. The van der Waals surface area contributed by atoms with Gasteiger partial charge in [0.1, 0.15) is 0 Å². The van der Waals surface area contributed by atoms with Gasteiger partial charge in [0, 0.05) is 17.1 Å². The maximum absolute atomic E-state index is 12.1. The molecule has 0 aliphatic carbocycles. The van der Waals surface area contributed by atoms with Crippen LogP contribution in [0.2, 0.25) is 10.0 Å². The summed E-state index contributed by atoms with van der Waals surface area (Å²) in [4.78, 5) is 17.2. The summed E-state index contributed by atoms with van der Waals surface area (Å²) in [6.45, 7) is 2.29. The zero-order valence-corrected chi connectivity index (χ0v) is 13.4. The standard InChI is InChI=1S/C14H11Cl2N3OS/c1-8-7-21-14-18-9(5-12(20)19(8)14)6-17-11-4-2-3-10(15)13(11)16/h2-5,7,17H,6H2,1H3. The van der Waals surface area contributed by atoms with E-state index in [9.17, 15) is 4.79 Å². The number of aromatic nitrogens is 2. The molecular formula is C14H11Cl2N3OS. The fraction of sp³-hybridized carbons (Fsp3) is 0.143. The van der Waals surface area contributed by atoms with Crippen LogP contribution in [0.5, 0.6) is 0 Å². The molecule has 0 saturated carbocycles. The zero-order chi connectivity index (χ0) is 15.0. The quantitative estimate of drug-likeness (QED) is 0.784. The SMILES string of the molecule is Cc1csc2nc(CNc3cccc(Cl)c3Cl)cc(=O)n12. The number of nitrogens with zero attached hydrogens (tertiary/aromatic N) is 2. The summed E-state index contributed by atoms with van der Waals surface area (Å²) < 4.78 is 1.60. The van der Waals surface area contributed by atoms with Gasteiger partial charge in [-0.05, 0) is 19.1 Å². The van der Waals surface area contributed by atoms with E-state index >= 15 is 0 Å². The van der Waals surface area contributed by atoms with Crippen LogP contribution >= 0.6 is 34.5 Å². The first-order chi connectivity index (χ1) is 10.1. The molecule has 2 heterocycles. The molecule has 0 aliphatic rings.